The second kappa shape index (κ2) is 7.75. The van der Waals surface area contributed by atoms with Crippen LogP contribution in [0.4, 0.5) is 4.39 Å². The minimum Gasteiger partial charge on any atom is -0.347 e. The average Bonchev–Trinajstić information content (AvgIpc) is 3.09. The van der Waals surface area contributed by atoms with Gasteiger partial charge in [0.15, 0.2) is 6.29 Å². The van der Waals surface area contributed by atoms with E-state index in [1.165, 1.54) is 0 Å². The third-order valence-electron chi connectivity index (χ3n) is 5.20. The zero-order chi connectivity index (χ0) is 18.6. The van der Waals surface area contributed by atoms with E-state index in [1.54, 1.807) is 0 Å². The highest BCUT2D eigenvalue weighted by molar-refractivity contribution is 6.08. The summed E-state index contributed by atoms with van der Waals surface area (Å²) in [5.41, 5.74) is 3.91. The van der Waals surface area contributed by atoms with Crippen LogP contribution in [-0.4, -0.2) is 17.5 Å². The number of aryl methyl sites for hydroxylation is 1. The molecule has 1 heterocycles. The van der Waals surface area contributed by atoms with Crippen molar-refractivity contribution in [3.63, 3.8) is 0 Å². The van der Waals surface area contributed by atoms with Gasteiger partial charge in [0.05, 0.1) is 6.67 Å². The van der Waals surface area contributed by atoms with Gasteiger partial charge in [-0.25, -0.2) is 0 Å². The van der Waals surface area contributed by atoms with Crippen LogP contribution >= 0.6 is 0 Å². The van der Waals surface area contributed by atoms with Gasteiger partial charge in [0.25, 0.3) is 0 Å². The smallest absolute Gasteiger partial charge is 0.151 e. The number of para-hydroxylation sites is 1. The summed E-state index contributed by atoms with van der Waals surface area (Å²) >= 11 is 0. The van der Waals surface area contributed by atoms with Crippen molar-refractivity contribution < 1.29 is 9.18 Å². The molecule has 0 saturated carbocycles. The summed E-state index contributed by atoms with van der Waals surface area (Å²) in [6, 6.07) is 20.4. The highest BCUT2D eigenvalue weighted by Gasteiger charge is 2.14. The highest BCUT2D eigenvalue weighted by atomic mass is 19.1. The van der Waals surface area contributed by atoms with Gasteiger partial charge in [-0.15, -0.1) is 0 Å². The molecule has 0 amide bonds. The van der Waals surface area contributed by atoms with Crippen molar-refractivity contribution in [2.75, 3.05) is 6.67 Å². The van der Waals surface area contributed by atoms with Crippen molar-refractivity contribution >= 4 is 28.0 Å². The zero-order valence-electron chi connectivity index (χ0n) is 15.2. The molecule has 0 fully saturated rings. The second-order valence-electron chi connectivity index (χ2n) is 6.87. The molecule has 3 heteroatoms. The van der Waals surface area contributed by atoms with Crippen molar-refractivity contribution in [1.82, 2.24) is 4.57 Å². The first-order valence-electron chi connectivity index (χ1n) is 9.44. The summed E-state index contributed by atoms with van der Waals surface area (Å²) in [7, 11) is 0. The van der Waals surface area contributed by atoms with Gasteiger partial charge >= 0.3 is 0 Å². The van der Waals surface area contributed by atoms with E-state index in [0.717, 1.165) is 64.0 Å². The Hall–Kier alpha value is -2.94. The van der Waals surface area contributed by atoms with Crippen LogP contribution in [0.1, 0.15) is 29.6 Å². The molecule has 0 unspecified atom stereocenters. The Morgan fingerprint density at radius 3 is 2.41 bits per heavy atom. The summed E-state index contributed by atoms with van der Waals surface area (Å²) in [4.78, 5) is 12.0. The molecule has 2 nitrogen and oxygen atoms in total. The quantitative estimate of drug-likeness (QED) is 0.276. The van der Waals surface area contributed by atoms with E-state index in [0.29, 0.717) is 6.42 Å². The Morgan fingerprint density at radius 1 is 0.815 bits per heavy atom. The Balaban J connectivity index is 1.84. The number of hydrogen-bond donors (Lipinski definition) is 0. The van der Waals surface area contributed by atoms with E-state index in [4.69, 9.17) is 0 Å². The average molecular weight is 359 g/mol. The van der Waals surface area contributed by atoms with Crippen molar-refractivity contribution in [3.05, 3.63) is 72.4 Å². The minimum atomic E-state index is -0.253. The molecule has 0 atom stereocenters. The molecule has 0 bridgehead atoms. The maximum atomic E-state index is 12.4. The normalized spacial score (nSPS) is 11.3. The van der Waals surface area contributed by atoms with Crippen molar-refractivity contribution in [1.29, 1.82) is 0 Å². The third-order valence-corrected chi connectivity index (χ3v) is 5.20. The standard InChI is InChI=1S/C24H22FNO/c25-14-6-1-7-15-26-16-22(21-10-4-5-11-24(21)26)20-13-12-18-8-2-3-9-19(18)23(20)17-27/h2-5,8-13,16-17H,1,6-7,14-15H2. The lowest BCUT2D eigenvalue weighted by atomic mass is 9.95. The predicted molar refractivity (Wildman–Crippen MR) is 110 cm³/mol. The number of hydrogen-bond acceptors (Lipinski definition) is 1. The molecular formula is C24H22FNO. The predicted octanol–water partition coefficient (Wildman–Crippen LogP) is 6.41. The van der Waals surface area contributed by atoms with Crippen LogP contribution in [0.15, 0.2) is 66.9 Å². The summed E-state index contributed by atoms with van der Waals surface area (Å²) < 4.78 is 14.6. The number of aromatic nitrogens is 1. The van der Waals surface area contributed by atoms with E-state index < -0.39 is 0 Å². The minimum absolute atomic E-state index is 0.253. The largest absolute Gasteiger partial charge is 0.347 e. The van der Waals surface area contributed by atoms with Gasteiger partial charge in [-0.3, -0.25) is 9.18 Å². The molecule has 0 N–H and O–H groups in total. The number of carbonyl (C=O) groups excluding carboxylic acids is 1. The van der Waals surface area contributed by atoms with Gasteiger partial charge in [0, 0.05) is 34.8 Å². The number of fused-ring (bicyclic) bond motifs is 2. The maximum absolute atomic E-state index is 12.4. The van der Waals surface area contributed by atoms with Crippen LogP contribution in [0.3, 0.4) is 0 Å². The number of benzene rings is 3. The molecule has 0 aliphatic rings. The van der Waals surface area contributed by atoms with E-state index >= 15 is 0 Å². The van der Waals surface area contributed by atoms with E-state index in [1.807, 2.05) is 42.5 Å². The number of aldehydes is 1. The molecule has 4 rings (SSSR count). The fourth-order valence-corrected chi connectivity index (χ4v) is 3.86. The molecule has 0 aliphatic carbocycles. The topological polar surface area (TPSA) is 22.0 Å². The van der Waals surface area contributed by atoms with Crippen LogP contribution in [-0.2, 0) is 6.54 Å². The molecule has 0 aliphatic heterocycles. The molecule has 0 saturated heterocycles. The summed E-state index contributed by atoms with van der Waals surface area (Å²) in [5, 5.41) is 3.18. The lowest BCUT2D eigenvalue weighted by Gasteiger charge is -2.08. The van der Waals surface area contributed by atoms with Gasteiger partial charge in [-0.2, -0.15) is 0 Å². The molecule has 136 valence electrons. The Kier molecular flexibility index (Phi) is 5.01. The SMILES string of the molecule is O=Cc1c(-c2cn(CCCCCF)c3ccccc23)ccc2ccccc12. The highest BCUT2D eigenvalue weighted by Crippen LogP contribution is 2.35. The van der Waals surface area contributed by atoms with Crippen molar-refractivity contribution in [3.8, 4) is 11.1 Å². The van der Waals surface area contributed by atoms with Gasteiger partial charge in [-0.1, -0.05) is 54.6 Å². The molecule has 3 aromatic carbocycles. The Bertz CT molecular complexity index is 1100. The third kappa shape index (κ3) is 3.25. The maximum Gasteiger partial charge on any atom is 0.151 e. The van der Waals surface area contributed by atoms with Gasteiger partial charge in [0.1, 0.15) is 0 Å². The Labute approximate surface area is 158 Å². The fraction of sp³-hybridized carbons (Fsp3) is 0.208. The molecule has 0 radical (unpaired) electrons. The number of carbonyl (C=O) groups is 1. The summed E-state index contributed by atoms with van der Waals surface area (Å²) in [6.07, 6.45) is 5.54. The van der Waals surface area contributed by atoms with Gasteiger partial charge in [-0.05, 0) is 41.7 Å². The monoisotopic (exact) mass is 359 g/mol. The van der Waals surface area contributed by atoms with E-state index in [2.05, 4.69) is 29.0 Å². The molecule has 0 spiro atoms. The number of halogens is 1. The first-order valence-corrected chi connectivity index (χ1v) is 9.44. The van der Waals surface area contributed by atoms with Crippen LogP contribution in [0, 0.1) is 0 Å². The fourth-order valence-electron chi connectivity index (χ4n) is 3.86. The summed E-state index contributed by atoms with van der Waals surface area (Å²) in [5.74, 6) is 0. The van der Waals surface area contributed by atoms with E-state index in [9.17, 15) is 9.18 Å². The van der Waals surface area contributed by atoms with E-state index in [-0.39, 0.29) is 6.67 Å². The first kappa shape index (κ1) is 17.5. The number of unbranched alkanes of at least 4 members (excludes halogenated alkanes) is 2. The Morgan fingerprint density at radius 2 is 1.59 bits per heavy atom. The first-order chi connectivity index (χ1) is 13.3. The number of alkyl halides is 1. The van der Waals surface area contributed by atoms with Crippen molar-refractivity contribution in [2.24, 2.45) is 0 Å². The second-order valence-corrected chi connectivity index (χ2v) is 6.87. The van der Waals surface area contributed by atoms with Gasteiger partial charge < -0.3 is 4.57 Å². The number of rotatable bonds is 7. The van der Waals surface area contributed by atoms with Crippen LogP contribution in [0.5, 0.6) is 0 Å². The van der Waals surface area contributed by atoms with Crippen LogP contribution in [0.25, 0.3) is 32.8 Å². The summed E-state index contributed by atoms with van der Waals surface area (Å²) in [6.45, 7) is 0.599. The zero-order valence-corrected chi connectivity index (χ0v) is 15.2. The van der Waals surface area contributed by atoms with Gasteiger partial charge in [0.2, 0.25) is 0 Å². The molecule has 4 aromatic rings. The van der Waals surface area contributed by atoms with Crippen molar-refractivity contribution in [2.45, 2.75) is 25.8 Å². The lowest BCUT2D eigenvalue weighted by molar-refractivity contribution is 0.112. The van der Waals surface area contributed by atoms with Crippen LogP contribution < -0.4 is 0 Å². The molecular weight excluding hydrogens is 337 g/mol. The lowest BCUT2D eigenvalue weighted by Crippen LogP contribution is -1.96. The van der Waals surface area contributed by atoms with Crippen LogP contribution in [0.2, 0.25) is 0 Å². The molecule has 27 heavy (non-hydrogen) atoms. The number of nitrogens with zero attached hydrogens (tertiary/aromatic N) is 1. The molecule has 1 aromatic heterocycles.